The van der Waals surface area contributed by atoms with Gasteiger partial charge in [0.15, 0.2) is 5.75 Å². The van der Waals surface area contributed by atoms with Gasteiger partial charge in [0, 0.05) is 23.0 Å². The summed E-state index contributed by atoms with van der Waals surface area (Å²) in [5.41, 5.74) is 7.46. The van der Waals surface area contributed by atoms with Gasteiger partial charge in [-0.3, -0.25) is 0 Å². The molecule has 0 aliphatic carbocycles. The van der Waals surface area contributed by atoms with Crippen LogP contribution in [-0.2, 0) is 6.42 Å². The Morgan fingerprint density at radius 3 is 2.38 bits per heavy atom. The number of halogens is 2. The number of hydrogen-bond donors (Lipinski definition) is 1. The fraction of sp³-hybridized carbons (Fsp3) is 0.226. The Labute approximate surface area is 233 Å². The van der Waals surface area contributed by atoms with E-state index >= 15 is 0 Å². The standard InChI is InChI=1S/C31H29Cl2NO2S/c1-20-15-27(32)31(28(33)16-20)36-14-13-35-24-10-7-21(8-11-24)17-23-19-34-29-18-22(9-12-25(23)29)26-5-3-4-6-30(26)37-2/h3-12,15-16,18,23,34H,13-14,17,19H2,1-2H3. The Morgan fingerprint density at radius 2 is 1.62 bits per heavy atom. The summed E-state index contributed by atoms with van der Waals surface area (Å²) in [6, 6.07) is 27.4. The van der Waals surface area contributed by atoms with E-state index in [1.807, 2.05) is 31.2 Å². The molecule has 190 valence electrons. The van der Waals surface area contributed by atoms with Crippen LogP contribution in [0.4, 0.5) is 5.69 Å². The number of anilines is 1. The third-order valence-electron chi connectivity index (χ3n) is 6.60. The minimum Gasteiger partial charge on any atom is -0.490 e. The van der Waals surface area contributed by atoms with E-state index in [1.165, 1.54) is 32.8 Å². The van der Waals surface area contributed by atoms with Gasteiger partial charge in [-0.25, -0.2) is 0 Å². The molecule has 1 heterocycles. The highest BCUT2D eigenvalue weighted by molar-refractivity contribution is 7.98. The molecular formula is C31H29Cl2NO2S. The molecule has 4 aromatic rings. The predicted octanol–water partition coefficient (Wildman–Crippen LogP) is 8.90. The molecule has 4 aromatic carbocycles. The van der Waals surface area contributed by atoms with Gasteiger partial charge in [0.05, 0.1) is 10.0 Å². The van der Waals surface area contributed by atoms with Gasteiger partial charge >= 0.3 is 0 Å². The van der Waals surface area contributed by atoms with Crippen molar-refractivity contribution in [3.8, 4) is 22.6 Å². The second kappa shape index (κ2) is 11.7. The topological polar surface area (TPSA) is 30.5 Å². The van der Waals surface area contributed by atoms with Crippen LogP contribution in [0.25, 0.3) is 11.1 Å². The van der Waals surface area contributed by atoms with E-state index < -0.39 is 0 Å². The zero-order chi connectivity index (χ0) is 25.8. The SMILES string of the molecule is CSc1ccccc1-c1ccc2c(c1)NCC2Cc1ccc(OCCOc2c(Cl)cc(C)cc2Cl)cc1. The van der Waals surface area contributed by atoms with Crippen molar-refractivity contribution in [1.82, 2.24) is 0 Å². The van der Waals surface area contributed by atoms with Crippen molar-refractivity contribution in [2.45, 2.75) is 24.2 Å². The van der Waals surface area contributed by atoms with Crippen LogP contribution in [0, 0.1) is 6.92 Å². The van der Waals surface area contributed by atoms with Gasteiger partial charge in [-0.1, -0.05) is 65.7 Å². The molecule has 0 saturated carbocycles. The molecule has 0 bridgehead atoms. The van der Waals surface area contributed by atoms with Crippen LogP contribution < -0.4 is 14.8 Å². The van der Waals surface area contributed by atoms with Crippen molar-refractivity contribution >= 4 is 40.7 Å². The first-order chi connectivity index (χ1) is 18.0. The molecule has 37 heavy (non-hydrogen) atoms. The summed E-state index contributed by atoms with van der Waals surface area (Å²) >= 11 is 14.3. The van der Waals surface area contributed by atoms with E-state index in [-0.39, 0.29) is 0 Å². The average Bonchev–Trinajstić information content (AvgIpc) is 3.30. The van der Waals surface area contributed by atoms with E-state index in [0.29, 0.717) is 34.9 Å². The lowest BCUT2D eigenvalue weighted by Gasteiger charge is -2.13. The number of ether oxygens (including phenoxy) is 2. The van der Waals surface area contributed by atoms with E-state index in [1.54, 1.807) is 11.8 Å². The lowest BCUT2D eigenvalue weighted by Crippen LogP contribution is -2.09. The Bertz CT molecular complexity index is 1370. The molecule has 0 spiro atoms. The highest BCUT2D eigenvalue weighted by Gasteiger charge is 2.23. The van der Waals surface area contributed by atoms with Crippen molar-refractivity contribution in [3.63, 3.8) is 0 Å². The first kappa shape index (κ1) is 25.8. The van der Waals surface area contributed by atoms with E-state index in [0.717, 1.165) is 24.3 Å². The summed E-state index contributed by atoms with van der Waals surface area (Å²) in [5, 5.41) is 4.65. The van der Waals surface area contributed by atoms with E-state index in [4.69, 9.17) is 32.7 Å². The molecule has 0 saturated heterocycles. The van der Waals surface area contributed by atoms with Gasteiger partial charge in [-0.2, -0.15) is 0 Å². The van der Waals surface area contributed by atoms with Crippen molar-refractivity contribution < 1.29 is 9.47 Å². The predicted molar refractivity (Wildman–Crippen MR) is 157 cm³/mol. The van der Waals surface area contributed by atoms with Crippen molar-refractivity contribution in [3.05, 3.63) is 106 Å². The van der Waals surface area contributed by atoms with Crippen LogP contribution in [0.3, 0.4) is 0 Å². The van der Waals surface area contributed by atoms with Crippen LogP contribution in [0.2, 0.25) is 10.0 Å². The van der Waals surface area contributed by atoms with Gasteiger partial charge in [0.2, 0.25) is 0 Å². The largest absolute Gasteiger partial charge is 0.490 e. The second-order valence-electron chi connectivity index (χ2n) is 9.18. The first-order valence-electron chi connectivity index (χ1n) is 12.3. The number of nitrogens with one attached hydrogen (secondary N) is 1. The van der Waals surface area contributed by atoms with Gasteiger partial charge in [-0.15, -0.1) is 11.8 Å². The zero-order valence-electron chi connectivity index (χ0n) is 20.9. The number of hydrogen-bond acceptors (Lipinski definition) is 4. The van der Waals surface area contributed by atoms with Crippen LogP contribution in [0.5, 0.6) is 11.5 Å². The van der Waals surface area contributed by atoms with Gasteiger partial charge in [-0.05, 0) is 83.8 Å². The molecule has 1 aliphatic heterocycles. The molecule has 0 fully saturated rings. The van der Waals surface area contributed by atoms with Crippen molar-refractivity contribution in [1.29, 1.82) is 0 Å². The first-order valence-corrected chi connectivity index (χ1v) is 14.3. The maximum atomic E-state index is 6.24. The number of thioether (sulfide) groups is 1. The monoisotopic (exact) mass is 549 g/mol. The van der Waals surface area contributed by atoms with Gasteiger partial charge in [0.25, 0.3) is 0 Å². The maximum Gasteiger partial charge on any atom is 0.156 e. The Balaban J connectivity index is 1.16. The summed E-state index contributed by atoms with van der Waals surface area (Å²) in [5.74, 6) is 1.76. The van der Waals surface area contributed by atoms with Gasteiger partial charge < -0.3 is 14.8 Å². The second-order valence-corrected chi connectivity index (χ2v) is 10.8. The molecule has 1 aliphatic rings. The lowest BCUT2D eigenvalue weighted by atomic mass is 9.92. The quantitative estimate of drug-likeness (QED) is 0.167. The van der Waals surface area contributed by atoms with Crippen LogP contribution in [-0.4, -0.2) is 26.0 Å². The van der Waals surface area contributed by atoms with Crippen LogP contribution in [0.1, 0.15) is 22.6 Å². The fourth-order valence-electron chi connectivity index (χ4n) is 4.78. The number of fused-ring (bicyclic) bond motifs is 1. The summed E-state index contributed by atoms with van der Waals surface area (Å²) in [4.78, 5) is 1.30. The Kier molecular flexibility index (Phi) is 8.19. The smallest absolute Gasteiger partial charge is 0.156 e. The molecule has 5 rings (SSSR count). The molecule has 0 amide bonds. The van der Waals surface area contributed by atoms with Crippen molar-refractivity contribution in [2.75, 3.05) is 31.3 Å². The number of rotatable bonds is 9. The summed E-state index contributed by atoms with van der Waals surface area (Å²) < 4.78 is 11.6. The highest BCUT2D eigenvalue weighted by atomic mass is 35.5. The summed E-state index contributed by atoms with van der Waals surface area (Å²) in [6.07, 6.45) is 3.11. The van der Waals surface area contributed by atoms with Crippen LogP contribution >= 0.6 is 35.0 Å². The Hall–Kier alpha value is -2.79. The summed E-state index contributed by atoms with van der Waals surface area (Å²) in [6.45, 7) is 3.65. The third kappa shape index (κ3) is 6.04. The number of benzene rings is 4. The summed E-state index contributed by atoms with van der Waals surface area (Å²) in [7, 11) is 0. The minimum atomic E-state index is 0.359. The van der Waals surface area contributed by atoms with E-state index in [2.05, 4.69) is 66.2 Å². The molecule has 6 heteroatoms. The zero-order valence-corrected chi connectivity index (χ0v) is 23.2. The van der Waals surface area contributed by atoms with E-state index in [9.17, 15) is 0 Å². The molecule has 0 radical (unpaired) electrons. The minimum absolute atomic E-state index is 0.359. The molecule has 3 nitrogen and oxygen atoms in total. The normalized spacial score (nSPS) is 14.2. The molecular weight excluding hydrogens is 521 g/mol. The average molecular weight is 551 g/mol. The fourth-order valence-corrected chi connectivity index (χ4v) is 6.10. The lowest BCUT2D eigenvalue weighted by molar-refractivity contribution is 0.217. The van der Waals surface area contributed by atoms with Gasteiger partial charge in [0.1, 0.15) is 19.0 Å². The third-order valence-corrected chi connectivity index (χ3v) is 7.95. The van der Waals surface area contributed by atoms with Crippen LogP contribution in [0.15, 0.2) is 83.8 Å². The van der Waals surface area contributed by atoms with Crippen molar-refractivity contribution in [2.24, 2.45) is 0 Å². The molecule has 1 atom stereocenters. The molecule has 1 N–H and O–H groups in total. The molecule has 1 unspecified atom stereocenters. The number of aryl methyl sites for hydroxylation is 1. The molecule has 0 aromatic heterocycles. The highest BCUT2D eigenvalue weighted by Crippen LogP contribution is 2.39. The Morgan fingerprint density at radius 1 is 0.892 bits per heavy atom. The maximum absolute atomic E-state index is 6.24.